The zero-order valence-corrected chi connectivity index (χ0v) is 10.2. The lowest BCUT2D eigenvalue weighted by atomic mass is 10.1. The molecule has 0 bridgehead atoms. The van der Waals surface area contributed by atoms with Crippen LogP contribution in [0.2, 0.25) is 0 Å². The summed E-state index contributed by atoms with van der Waals surface area (Å²) in [7, 11) is 0. The van der Waals surface area contributed by atoms with Crippen LogP contribution in [0.15, 0.2) is 47.5 Å². The van der Waals surface area contributed by atoms with Crippen LogP contribution in [-0.4, -0.2) is 11.2 Å². The number of nitrogens with zero attached hydrogens (tertiary/aromatic N) is 1. The van der Waals surface area contributed by atoms with E-state index in [9.17, 15) is 0 Å². The third-order valence-corrected chi connectivity index (χ3v) is 3.39. The third kappa shape index (κ3) is 1.90. The van der Waals surface area contributed by atoms with E-state index in [2.05, 4.69) is 22.6 Å². The van der Waals surface area contributed by atoms with Crippen LogP contribution in [0.25, 0.3) is 0 Å². The van der Waals surface area contributed by atoms with Crippen molar-refractivity contribution in [2.75, 3.05) is 11.7 Å². The molecule has 1 atom stereocenters. The van der Waals surface area contributed by atoms with Gasteiger partial charge in [0.2, 0.25) is 0 Å². The van der Waals surface area contributed by atoms with Gasteiger partial charge in [-0.05, 0) is 24.0 Å². The molecule has 1 N–H and O–H groups in total. The first-order valence-corrected chi connectivity index (χ1v) is 6.62. The van der Waals surface area contributed by atoms with Gasteiger partial charge in [-0.2, -0.15) is 0 Å². The minimum absolute atomic E-state index is 0.113. The van der Waals surface area contributed by atoms with Gasteiger partial charge in [0.15, 0.2) is 6.10 Å². The normalized spacial score (nSPS) is 17.6. The van der Waals surface area contributed by atoms with E-state index in [1.165, 1.54) is 0 Å². The summed E-state index contributed by atoms with van der Waals surface area (Å²) in [5.74, 6) is 0. The zero-order valence-electron chi connectivity index (χ0n) is 9.38. The van der Waals surface area contributed by atoms with Crippen LogP contribution in [0.3, 0.4) is 0 Å². The highest BCUT2D eigenvalue weighted by atomic mass is 32.2. The molecule has 2 aromatic rings. The Kier molecular flexibility index (Phi) is 2.74. The van der Waals surface area contributed by atoms with E-state index >= 15 is 0 Å². The number of hydrogen-bond acceptors (Lipinski definition) is 4. The van der Waals surface area contributed by atoms with Gasteiger partial charge in [-0.1, -0.05) is 30.3 Å². The van der Waals surface area contributed by atoms with Crippen LogP contribution in [0.1, 0.15) is 17.4 Å². The van der Waals surface area contributed by atoms with E-state index in [4.69, 9.17) is 4.84 Å². The average Bonchev–Trinajstić information content (AvgIpc) is 2.82. The second-order valence-electron chi connectivity index (χ2n) is 3.80. The van der Waals surface area contributed by atoms with Crippen LogP contribution in [0.4, 0.5) is 5.69 Å². The molecule has 17 heavy (non-hydrogen) atoms. The maximum Gasteiger partial charge on any atom is 0.154 e. The molecule has 0 fully saturated rings. The van der Waals surface area contributed by atoms with Crippen LogP contribution < -0.4 is 5.48 Å². The first-order chi connectivity index (χ1) is 8.38. The van der Waals surface area contributed by atoms with Crippen LogP contribution in [0, 0.1) is 0 Å². The fraction of sp³-hybridized carbons (Fsp3) is 0.154. The summed E-state index contributed by atoms with van der Waals surface area (Å²) >= 11 is 1.64. The van der Waals surface area contributed by atoms with Gasteiger partial charge in [-0.3, -0.25) is 10.3 Å². The summed E-state index contributed by atoms with van der Waals surface area (Å²) in [5.41, 5.74) is 5.96. The molecular formula is C13H12N2OS. The second kappa shape index (κ2) is 4.39. The van der Waals surface area contributed by atoms with Crippen LogP contribution in [-0.2, 0) is 4.84 Å². The Morgan fingerprint density at radius 2 is 2.00 bits per heavy atom. The molecule has 1 aliphatic rings. The Labute approximate surface area is 104 Å². The Balaban J connectivity index is 2.03. The summed E-state index contributed by atoms with van der Waals surface area (Å²) in [6.45, 7) is 0. The Hall–Kier alpha value is -1.52. The van der Waals surface area contributed by atoms with Gasteiger partial charge in [-0.15, -0.1) is 11.8 Å². The van der Waals surface area contributed by atoms with Crippen molar-refractivity contribution in [2.24, 2.45) is 0 Å². The lowest BCUT2D eigenvalue weighted by molar-refractivity contribution is 0.152. The summed E-state index contributed by atoms with van der Waals surface area (Å²) < 4.78 is 0. The van der Waals surface area contributed by atoms with E-state index in [1.807, 2.05) is 36.6 Å². The molecular weight excluding hydrogens is 232 g/mol. The monoisotopic (exact) mass is 244 g/mol. The second-order valence-corrected chi connectivity index (χ2v) is 4.62. The van der Waals surface area contributed by atoms with Crippen molar-refractivity contribution in [2.45, 2.75) is 11.1 Å². The highest BCUT2D eigenvalue weighted by molar-refractivity contribution is 7.98. The summed E-state index contributed by atoms with van der Waals surface area (Å²) in [4.78, 5) is 10.2. The number of anilines is 1. The Morgan fingerprint density at radius 1 is 1.18 bits per heavy atom. The van der Waals surface area contributed by atoms with Crippen molar-refractivity contribution in [3.05, 3.63) is 53.7 Å². The zero-order chi connectivity index (χ0) is 11.7. The molecule has 1 unspecified atom stereocenters. The van der Waals surface area contributed by atoms with Crippen LogP contribution >= 0.6 is 11.8 Å². The summed E-state index contributed by atoms with van der Waals surface area (Å²) in [6, 6.07) is 14.1. The molecule has 4 heteroatoms. The minimum Gasteiger partial charge on any atom is -0.264 e. The molecule has 0 amide bonds. The molecule has 86 valence electrons. The van der Waals surface area contributed by atoms with Gasteiger partial charge in [0.1, 0.15) is 5.69 Å². The SMILES string of the molecule is CSc1ccc2c(n1)C(c1ccccc1)ON2. The van der Waals surface area contributed by atoms with Crippen molar-refractivity contribution >= 4 is 17.4 Å². The fourth-order valence-corrected chi connectivity index (χ4v) is 2.28. The highest BCUT2D eigenvalue weighted by Crippen LogP contribution is 2.36. The molecule has 2 heterocycles. The lowest BCUT2D eigenvalue weighted by Crippen LogP contribution is -2.01. The first-order valence-electron chi connectivity index (χ1n) is 5.40. The van der Waals surface area contributed by atoms with E-state index in [0.29, 0.717) is 0 Å². The number of fused-ring (bicyclic) bond motifs is 1. The van der Waals surface area contributed by atoms with E-state index in [1.54, 1.807) is 11.8 Å². The van der Waals surface area contributed by atoms with E-state index in [-0.39, 0.29) is 6.10 Å². The molecule has 1 aromatic heterocycles. The molecule has 0 radical (unpaired) electrons. The smallest absolute Gasteiger partial charge is 0.154 e. The number of benzene rings is 1. The van der Waals surface area contributed by atoms with E-state index < -0.39 is 0 Å². The van der Waals surface area contributed by atoms with Crippen molar-refractivity contribution < 1.29 is 4.84 Å². The Morgan fingerprint density at radius 3 is 2.76 bits per heavy atom. The number of rotatable bonds is 2. The quantitative estimate of drug-likeness (QED) is 0.822. The molecule has 0 aliphatic carbocycles. The first kappa shape index (κ1) is 10.6. The highest BCUT2D eigenvalue weighted by Gasteiger charge is 2.26. The van der Waals surface area contributed by atoms with Crippen molar-refractivity contribution in [1.82, 2.24) is 4.98 Å². The maximum absolute atomic E-state index is 5.59. The van der Waals surface area contributed by atoms with Gasteiger partial charge in [0.25, 0.3) is 0 Å². The number of thioether (sulfide) groups is 1. The molecule has 0 saturated carbocycles. The van der Waals surface area contributed by atoms with Gasteiger partial charge >= 0.3 is 0 Å². The fourth-order valence-electron chi connectivity index (χ4n) is 1.89. The van der Waals surface area contributed by atoms with Gasteiger partial charge in [-0.25, -0.2) is 4.98 Å². The number of nitrogens with one attached hydrogen (secondary N) is 1. The van der Waals surface area contributed by atoms with Gasteiger partial charge < -0.3 is 0 Å². The minimum atomic E-state index is -0.113. The molecule has 1 aromatic carbocycles. The van der Waals surface area contributed by atoms with E-state index in [0.717, 1.165) is 22.0 Å². The summed E-state index contributed by atoms with van der Waals surface area (Å²) in [6.07, 6.45) is 1.91. The number of hydrogen-bond donors (Lipinski definition) is 1. The van der Waals surface area contributed by atoms with Crippen molar-refractivity contribution in [3.63, 3.8) is 0 Å². The average molecular weight is 244 g/mol. The predicted octanol–water partition coefficient (Wildman–Crippen LogP) is 3.25. The molecule has 3 rings (SSSR count). The standard InChI is InChI=1S/C13H12N2OS/c1-17-11-8-7-10-12(14-11)13(16-15-10)9-5-3-2-4-6-9/h2-8,13,15H,1H3. The lowest BCUT2D eigenvalue weighted by Gasteiger charge is -2.08. The molecule has 0 spiro atoms. The number of aromatic nitrogens is 1. The predicted molar refractivity (Wildman–Crippen MR) is 69.0 cm³/mol. The Bertz CT molecular complexity index is 530. The largest absolute Gasteiger partial charge is 0.264 e. The number of pyridine rings is 1. The summed E-state index contributed by atoms with van der Waals surface area (Å²) in [5, 5.41) is 1.01. The van der Waals surface area contributed by atoms with Crippen molar-refractivity contribution in [1.29, 1.82) is 0 Å². The third-order valence-electron chi connectivity index (χ3n) is 2.75. The molecule has 3 nitrogen and oxygen atoms in total. The van der Waals surface area contributed by atoms with Gasteiger partial charge in [0, 0.05) is 0 Å². The van der Waals surface area contributed by atoms with Crippen molar-refractivity contribution in [3.8, 4) is 0 Å². The molecule has 1 aliphatic heterocycles. The van der Waals surface area contributed by atoms with Gasteiger partial charge in [0.05, 0.1) is 10.7 Å². The topological polar surface area (TPSA) is 34.1 Å². The van der Waals surface area contributed by atoms with Crippen LogP contribution in [0.5, 0.6) is 0 Å². The molecule has 0 saturated heterocycles. The maximum atomic E-state index is 5.59.